The van der Waals surface area contributed by atoms with Crippen LogP contribution in [0, 0.1) is 0 Å². The Morgan fingerprint density at radius 3 is 2.07 bits per heavy atom. The topological polar surface area (TPSA) is 9.23 Å². The van der Waals surface area contributed by atoms with Crippen LogP contribution >= 0.6 is 15.9 Å². The molecule has 3 aromatic rings. The first-order chi connectivity index (χ1) is 12.6. The van der Waals surface area contributed by atoms with Gasteiger partial charge in [-0.1, -0.05) is 99.9 Å². The van der Waals surface area contributed by atoms with E-state index in [2.05, 4.69) is 112 Å². The van der Waals surface area contributed by atoms with Gasteiger partial charge in [0.2, 0.25) is 0 Å². The van der Waals surface area contributed by atoms with Gasteiger partial charge in [0.05, 0.1) is 0 Å². The molecule has 0 saturated carbocycles. The molecule has 27 heavy (non-hydrogen) atoms. The summed E-state index contributed by atoms with van der Waals surface area (Å²) in [6.07, 6.45) is 0. The Morgan fingerprint density at radius 2 is 1.44 bits per heavy atom. The van der Waals surface area contributed by atoms with Crippen LogP contribution in [0.2, 0.25) is 0 Å². The van der Waals surface area contributed by atoms with Crippen LogP contribution in [0.3, 0.4) is 0 Å². The quantitative estimate of drug-likeness (QED) is 0.416. The van der Waals surface area contributed by atoms with Gasteiger partial charge in [0.15, 0.2) is 0 Å². The maximum atomic E-state index is 6.19. The average molecular weight is 425 g/mol. The van der Waals surface area contributed by atoms with Crippen LogP contribution in [0.15, 0.2) is 59.1 Å². The second-order valence-corrected chi connectivity index (χ2v) is 10.1. The van der Waals surface area contributed by atoms with Gasteiger partial charge in [-0.2, -0.15) is 0 Å². The van der Waals surface area contributed by atoms with Crippen molar-refractivity contribution in [1.29, 1.82) is 0 Å². The fourth-order valence-corrected chi connectivity index (χ4v) is 4.12. The minimum Gasteiger partial charge on any atom is -0.489 e. The third-order valence-corrected chi connectivity index (χ3v) is 5.87. The Balaban J connectivity index is 1.95. The van der Waals surface area contributed by atoms with Crippen molar-refractivity contribution >= 4 is 26.7 Å². The number of hydrogen-bond acceptors (Lipinski definition) is 1. The zero-order valence-electron chi connectivity index (χ0n) is 17.2. The molecule has 0 unspecified atom stereocenters. The van der Waals surface area contributed by atoms with Gasteiger partial charge < -0.3 is 4.74 Å². The lowest BCUT2D eigenvalue weighted by Crippen LogP contribution is -2.18. The summed E-state index contributed by atoms with van der Waals surface area (Å²) in [7, 11) is 0. The molecule has 0 radical (unpaired) electrons. The van der Waals surface area contributed by atoms with E-state index >= 15 is 0 Å². The first-order valence-corrected chi connectivity index (χ1v) is 10.3. The van der Waals surface area contributed by atoms with Gasteiger partial charge in [-0.3, -0.25) is 0 Å². The molecule has 0 atom stereocenters. The standard InChI is InChI=1S/C25H29BrO/c1-24(2,3)20-13-19(23(26)22(15-20)25(4,5)6)16-27-21-12-11-17-9-7-8-10-18(17)14-21/h7-15H,16H2,1-6H3. The molecule has 0 aliphatic carbocycles. The molecule has 0 spiro atoms. The predicted octanol–water partition coefficient (Wildman–Crippen LogP) is 7.78. The van der Waals surface area contributed by atoms with E-state index in [0.717, 1.165) is 10.2 Å². The molecule has 0 amide bonds. The Kier molecular flexibility index (Phi) is 5.40. The lowest BCUT2D eigenvalue weighted by Gasteiger charge is -2.28. The molecule has 0 N–H and O–H groups in total. The molecule has 0 aliphatic rings. The Labute approximate surface area is 171 Å². The van der Waals surface area contributed by atoms with E-state index in [4.69, 9.17) is 4.74 Å². The molecule has 0 saturated heterocycles. The molecule has 2 heteroatoms. The summed E-state index contributed by atoms with van der Waals surface area (Å²) in [6, 6.07) is 19.3. The lowest BCUT2D eigenvalue weighted by atomic mass is 9.79. The maximum Gasteiger partial charge on any atom is 0.120 e. The minimum atomic E-state index is 0.0673. The fraction of sp³-hybridized carbons (Fsp3) is 0.360. The Hall–Kier alpha value is -1.80. The fourth-order valence-electron chi connectivity index (χ4n) is 3.19. The zero-order chi connectivity index (χ0) is 19.8. The molecule has 0 heterocycles. The van der Waals surface area contributed by atoms with Gasteiger partial charge in [-0.25, -0.2) is 0 Å². The van der Waals surface area contributed by atoms with Crippen LogP contribution in [-0.2, 0) is 17.4 Å². The number of hydrogen-bond donors (Lipinski definition) is 0. The van der Waals surface area contributed by atoms with Crippen molar-refractivity contribution < 1.29 is 4.74 Å². The molecule has 0 fully saturated rings. The number of ether oxygens (including phenoxy) is 1. The SMILES string of the molecule is CC(C)(C)c1cc(COc2ccc3ccccc3c2)c(Br)c(C(C)(C)C)c1. The Bertz CT molecular complexity index is 958. The first kappa shape index (κ1) is 19.9. The molecular weight excluding hydrogens is 396 g/mol. The summed E-state index contributed by atoms with van der Waals surface area (Å²) in [6.45, 7) is 14.1. The summed E-state index contributed by atoms with van der Waals surface area (Å²) >= 11 is 3.85. The van der Waals surface area contributed by atoms with Crippen molar-refractivity contribution in [3.63, 3.8) is 0 Å². The third kappa shape index (κ3) is 4.55. The summed E-state index contributed by atoms with van der Waals surface area (Å²) in [5.74, 6) is 0.902. The highest BCUT2D eigenvalue weighted by Crippen LogP contribution is 2.37. The maximum absolute atomic E-state index is 6.19. The molecule has 0 bridgehead atoms. The normalized spacial score (nSPS) is 12.4. The van der Waals surface area contributed by atoms with Crippen molar-refractivity contribution in [2.45, 2.75) is 59.0 Å². The first-order valence-electron chi connectivity index (χ1n) is 9.51. The number of fused-ring (bicyclic) bond motifs is 1. The molecule has 3 aromatic carbocycles. The average Bonchev–Trinajstić information content (AvgIpc) is 2.58. The third-order valence-electron chi connectivity index (χ3n) is 4.94. The second-order valence-electron chi connectivity index (χ2n) is 9.29. The van der Waals surface area contributed by atoms with Crippen LogP contribution in [0.1, 0.15) is 58.2 Å². The highest BCUT2D eigenvalue weighted by Gasteiger charge is 2.24. The van der Waals surface area contributed by atoms with Gasteiger partial charge in [-0.05, 0) is 44.9 Å². The van der Waals surface area contributed by atoms with Crippen molar-refractivity contribution in [1.82, 2.24) is 0 Å². The van der Waals surface area contributed by atoms with E-state index in [1.807, 2.05) is 0 Å². The molecular formula is C25H29BrO. The molecule has 142 valence electrons. The summed E-state index contributed by atoms with van der Waals surface area (Å²) < 4.78 is 7.34. The van der Waals surface area contributed by atoms with Gasteiger partial charge in [0.25, 0.3) is 0 Å². The molecule has 0 aliphatic heterocycles. The largest absolute Gasteiger partial charge is 0.489 e. The monoisotopic (exact) mass is 424 g/mol. The van der Waals surface area contributed by atoms with E-state index in [-0.39, 0.29) is 10.8 Å². The lowest BCUT2D eigenvalue weighted by molar-refractivity contribution is 0.305. The van der Waals surface area contributed by atoms with Crippen LogP contribution in [0.4, 0.5) is 0 Å². The van der Waals surface area contributed by atoms with Gasteiger partial charge in [0.1, 0.15) is 12.4 Å². The molecule has 0 aromatic heterocycles. The minimum absolute atomic E-state index is 0.0673. The van der Waals surface area contributed by atoms with Crippen LogP contribution in [-0.4, -0.2) is 0 Å². The van der Waals surface area contributed by atoms with Crippen molar-refractivity contribution in [2.75, 3.05) is 0 Å². The van der Waals surface area contributed by atoms with Crippen LogP contribution in [0.5, 0.6) is 5.75 Å². The molecule has 1 nitrogen and oxygen atoms in total. The number of rotatable bonds is 3. The van der Waals surface area contributed by atoms with Crippen molar-refractivity contribution in [3.8, 4) is 5.75 Å². The smallest absolute Gasteiger partial charge is 0.120 e. The van der Waals surface area contributed by atoms with Crippen molar-refractivity contribution in [2.24, 2.45) is 0 Å². The summed E-state index contributed by atoms with van der Waals surface area (Å²) in [5, 5.41) is 2.43. The van der Waals surface area contributed by atoms with Crippen LogP contribution in [0.25, 0.3) is 10.8 Å². The number of halogens is 1. The zero-order valence-corrected chi connectivity index (χ0v) is 18.8. The predicted molar refractivity (Wildman–Crippen MR) is 120 cm³/mol. The Morgan fingerprint density at radius 1 is 0.778 bits per heavy atom. The summed E-state index contributed by atoms with van der Waals surface area (Å²) in [4.78, 5) is 0. The highest BCUT2D eigenvalue weighted by atomic mass is 79.9. The number of benzene rings is 3. The highest BCUT2D eigenvalue weighted by molar-refractivity contribution is 9.10. The van der Waals surface area contributed by atoms with Gasteiger partial charge in [0, 0.05) is 10.0 Å². The molecule has 3 rings (SSSR count). The second kappa shape index (κ2) is 7.31. The van der Waals surface area contributed by atoms with E-state index in [1.165, 1.54) is 27.5 Å². The van der Waals surface area contributed by atoms with Crippen molar-refractivity contribution in [3.05, 3.63) is 75.8 Å². The van der Waals surface area contributed by atoms with E-state index in [0.29, 0.717) is 6.61 Å². The van der Waals surface area contributed by atoms with E-state index < -0.39 is 0 Å². The van der Waals surface area contributed by atoms with E-state index in [9.17, 15) is 0 Å². The van der Waals surface area contributed by atoms with E-state index in [1.54, 1.807) is 0 Å². The van der Waals surface area contributed by atoms with Gasteiger partial charge >= 0.3 is 0 Å². The van der Waals surface area contributed by atoms with Gasteiger partial charge in [-0.15, -0.1) is 0 Å². The summed E-state index contributed by atoms with van der Waals surface area (Å²) in [5.41, 5.74) is 4.02. The van der Waals surface area contributed by atoms with Crippen LogP contribution < -0.4 is 4.74 Å².